The van der Waals surface area contributed by atoms with Gasteiger partial charge in [-0.1, -0.05) is 29.8 Å². The number of ether oxygens (including phenoxy) is 1. The van der Waals surface area contributed by atoms with Crippen molar-refractivity contribution in [3.63, 3.8) is 0 Å². The number of nitrogens with zero attached hydrogens (tertiary/aromatic N) is 2. The molecule has 0 aliphatic carbocycles. The molecule has 0 saturated heterocycles. The molecule has 6 nitrogen and oxygen atoms in total. The van der Waals surface area contributed by atoms with Crippen LogP contribution in [0.4, 0.5) is 17.3 Å². The highest BCUT2D eigenvalue weighted by molar-refractivity contribution is 6.03. The van der Waals surface area contributed by atoms with Crippen molar-refractivity contribution in [2.24, 2.45) is 0 Å². The van der Waals surface area contributed by atoms with E-state index >= 15 is 0 Å². The molecule has 0 saturated carbocycles. The van der Waals surface area contributed by atoms with Gasteiger partial charge in [0.25, 0.3) is 5.91 Å². The van der Waals surface area contributed by atoms with Gasteiger partial charge in [0.1, 0.15) is 11.4 Å². The number of carbonyl (C=O) groups excluding carboxylic acids is 1. The zero-order valence-electron chi connectivity index (χ0n) is 15.6. The predicted octanol–water partition coefficient (Wildman–Crippen LogP) is 4.49. The number of para-hydroxylation sites is 2. The molecule has 0 aliphatic rings. The van der Waals surface area contributed by atoms with E-state index in [1.165, 1.54) is 0 Å². The van der Waals surface area contributed by atoms with Crippen LogP contribution in [0.1, 0.15) is 28.5 Å². The van der Waals surface area contributed by atoms with E-state index in [0.717, 1.165) is 22.5 Å². The Morgan fingerprint density at radius 1 is 1.07 bits per heavy atom. The third-order valence-electron chi connectivity index (χ3n) is 3.95. The van der Waals surface area contributed by atoms with Crippen molar-refractivity contribution >= 4 is 23.2 Å². The van der Waals surface area contributed by atoms with Crippen molar-refractivity contribution in [3.8, 4) is 5.75 Å². The molecule has 1 amide bonds. The summed E-state index contributed by atoms with van der Waals surface area (Å²) in [6.45, 7) is 6.45. The SMILES string of the molecule is CCOc1ccccc1Nc1nccc(C(=O)Nc2ccc(C)cc2C)n1. The topological polar surface area (TPSA) is 76.1 Å². The second-order valence-corrected chi connectivity index (χ2v) is 6.09. The molecule has 3 aromatic rings. The van der Waals surface area contributed by atoms with Crippen LogP contribution in [-0.4, -0.2) is 22.5 Å². The number of anilines is 3. The molecule has 138 valence electrons. The van der Waals surface area contributed by atoms with E-state index in [-0.39, 0.29) is 11.6 Å². The molecule has 1 aromatic heterocycles. The maximum absolute atomic E-state index is 12.6. The number of benzene rings is 2. The van der Waals surface area contributed by atoms with Gasteiger partial charge in [-0.25, -0.2) is 9.97 Å². The molecular weight excluding hydrogens is 340 g/mol. The van der Waals surface area contributed by atoms with Gasteiger partial charge in [-0.2, -0.15) is 0 Å². The summed E-state index contributed by atoms with van der Waals surface area (Å²) in [5.74, 6) is 0.745. The van der Waals surface area contributed by atoms with E-state index in [4.69, 9.17) is 4.74 Å². The minimum atomic E-state index is -0.287. The summed E-state index contributed by atoms with van der Waals surface area (Å²) in [5.41, 5.74) is 3.93. The Hall–Kier alpha value is -3.41. The van der Waals surface area contributed by atoms with Crippen molar-refractivity contribution < 1.29 is 9.53 Å². The lowest BCUT2D eigenvalue weighted by atomic mass is 10.1. The lowest BCUT2D eigenvalue weighted by molar-refractivity contribution is 0.102. The smallest absolute Gasteiger partial charge is 0.274 e. The van der Waals surface area contributed by atoms with Gasteiger partial charge in [0.15, 0.2) is 0 Å². The number of carbonyl (C=O) groups is 1. The second kappa shape index (κ2) is 8.31. The Kier molecular flexibility index (Phi) is 5.66. The summed E-state index contributed by atoms with van der Waals surface area (Å²) >= 11 is 0. The fourth-order valence-corrected chi connectivity index (χ4v) is 2.66. The van der Waals surface area contributed by atoms with Gasteiger partial charge >= 0.3 is 0 Å². The normalized spacial score (nSPS) is 10.3. The van der Waals surface area contributed by atoms with Crippen LogP contribution in [-0.2, 0) is 0 Å². The van der Waals surface area contributed by atoms with Crippen molar-refractivity contribution in [2.75, 3.05) is 17.2 Å². The van der Waals surface area contributed by atoms with Crippen molar-refractivity contribution in [1.29, 1.82) is 0 Å². The van der Waals surface area contributed by atoms with E-state index in [2.05, 4.69) is 20.6 Å². The van der Waals surface area contributed by atoms with Crippen LogP contribution in [0.2, 0.25) is 0 Å². The number of rotatable bonds is 6. The molecule has 0 atom stereocenters. The third-order valence-corrected chi connectivity index (χ3v) is 3.95. The molecule has 0 radical (unpaired) electrons. The summed E-state index contributed by atoms with van der Waals surface area (Å²) in [7, 11) is 0. The van der Waals surface area contributed by atoms with Crippen LogP contribution in [0.25, 0.3) is 0 Å². The lowest BCUT2D eigenvalue weighted by Gasteiger charge is -2.12. The summed E-state index contributed by atoms with van der Waals surface area (Å²) in [6, 6.07) is 15.0. The zero-order valence-corrected chi connectivity index (χ0v) is 15.6. The van der Waals surface area contributed by atoms with Crippen LogP contribution >= 0.6 is 0 Å². The molecule has 2 N–H and O–H groups in total. The molecule has 1 heterocycles. The van der Waals surface area contributed by atoms with Gasteiger partial charge in [0.05, 0.1) is 12.3 Å². The largest absolute Gasteiger partial charge is 0.492 e. The number of hydrogen-bond donors (Lipinski definition) is 2. The number of aromatic nitrogens is 2. The Morgan fingerprint density at radius 2 is 1.89 bits per heavy atom. The number of hydrogen-bond acceptors (Lipinski definition) is 5. The molecule has 0 unspecified atom stereocenters. The molecular formula is C21H22N4O2. The first kappa shape index (κ1) is 18.4. The van der Waals surface area contributed by atoms with Gasteiger partial charge in [-0.3, -0.25) is 4.79 Å². The standard InChI is InChI=1S/C21H22N4O2/c1-4-27-19-8-6-5-7-17(19)24-21-22-12-11-18(25-21)20(26)23-16-10-9-14(2)13-15(16)3/h5-13H,4H2,1-3H3,(H,23,26)(H,22,24,25). The Labute approximate surface area is 158 Å². The molecule has 0 bridgehead atoms. The minimum Gasteiger partial charge on any atom is -0.492 e. The van der Waals surface area contributed by atoms with Crippen LogP contribution in [0.15, 0.2) is 54.7 Å². The molecule has 0 aliphatic heterocycles. The first-order valence-corrected chi connectivity index (χ1v) is 8.77. The highest BCUT2D eigenvalue weighted by atomic mass is 16.5. The zero-order chi connectivity index (χ0) is 19.2. The first-order valence-electron chi connectivity index (χ1n) is 8.77. The lowest BCUT2D eigenvalue weighted by Crippen LogP contribution is -2.15. The summed E-state index contributed by atoms with van der Waals surface area (Å²) in [4.78, 5) is 21.1. The van der Waals surface area contributed by atoms with Gasteiger partial charge in [-0.05, 0) is 50.6 Å². The van der Waals surface area contributed by atoms with Crippen molar-refractivity contribution in [2.45, 2.75) is 20.8 Å². The highest BCUT2D eigenvalue weighted by Gasteiger charge is 2.12. The Morgan fingerprint density at radius 3 is 2.67 bits per heavy atom. The fraction of sp³-hybridized carbons (Fsp3) is 0.190. The minimum absolute atomic E-state index is 0.279. The van der Waals surface area contributed by atoms with E-state index in [1.807, 2.05) is 63.2 Å². The highest BCUT2D eigenvalue weighted by Crippen LogP contribution is 2.26. The van der Waals surface area contributed by atoms with Crippen molar-refractivity contribution in [3.05, 3.63) is 71.5 Å². The van der Waals surface area contributed by atoms with Crippen LogP contribution < -0.4 is 15.4 Å². The maximum Gasteiger partial charge on any atom is 0.274 e. The molecule has 3 rings (SSSR count). The van der Waals surface area contributed by atoms with Crippen LogP contribution in [0.5, 0.6) is 5.75 Å². The number of amides is 1. The summed E-state index contributed by atoms with van der Waals surface area (Å²) in [6.07, 6.45) is 1.55. The maximum atomic E-state index is 12.6. The molecule has 2 aromatic carbocycles. The predicted molar refractivity (Wildman–Crippen MR) is 107 cm³/mol. The monoisotopic (exact) mass is 362 g/mol. The van der Waals surface area contributed by atoms with Gasteiger partial charge in [-0.15, -0.1) is 0 Å². The average molecular weight is 362 g/mol. The average Bonchev–Trinajstić information content (AvgIpc) is 2.66. The third kappa shape index (κ3) is 4.61. The Balaban J connectivity index is 1.78. The summed E-state index contributed by atoms with van der Waals surface area (Å²) < 4.78 is 5.59. The number of nitrogens with one attached hydrogen (secondary N) is 2. The quantitative estimate of drug-likeness (QED) is 0.676. The fourth-order valence-electron chi connectivity index (χ4n) is 2.66. The first-order chi connectivity index (χ1) is 13.1. The van der Waals surface area contributed by atoms with Crippen molar-refractivity contribution in [1.82, 2.24) is 9.97 Å². The summed E-state index contributed by atoms with van der Waals surface area (Å²) in [5, 5.41) is 6.00. The van der Waals surface area contributed by atoms with E-state index < -0.39 is 0 Å². The van der Waals surface area contributed by atoms with Crippen LogP contribution in [0, 0.1) is 13.8 Å². The molecule has 0 spiro atoms. The van der Waals surface area contributed by atoms with E-state index in [1.54, 1.807) is 12.3 Å². The van der Waals surface area contributed by atoms with Crippen LogP contribution in [0.3, 0.4) is 0 Å². The number of aryl methyl sites for hydroxylation is 2. The Bertz CT molecular complexity index is 956. The van der Waals surface area contributed by atoms with Gasteiger partial charge < -0.3 is 15.4 Å². The van der Waals surface area contributed by atoms with Gasteiger partial charge in [0.2, 0.25) is 5.95 Å². The second-order valence-electron chi connectivity index (χ2n) is 6.09. The molecule has 0 fully saturated rings. The van der Waals surface area contributed by atoms with Gasteiger partial charge in [0, 0.05) is 11.9 Å². The van der Waals surface area contributed by atoms with E-state index in [0.29, 0.717) is 18.3 Å². The molecule has 27 heavy (non-hydrogen) atoms. The van der Waals surface area contributed by atoms with E-state index in [9.17, 15) is 4.79 Å². The molecule has 6 heteroatoms.